The van der Waals surface area contributed by atoms with E-state index in [0.29, 0.717) is 75.0 Å². The number of sulfonamides is 1. The van der Waals surface area contributed by atoms with E-state index in [0.717, 1.165) is 40.0 Å². The molecule has 0 aliphatic heterocycles. The second-order valence-corrected chi connectivity index (χ2v) is 37.6. The van der Waals surface area contributed by atoms with Gasteiger partial charge in [0.05, 0.1) is 37.9 Å². The van der Waals surface area contributed by atoms with Crippen molar-refractivity contribution in [3.8, 4) is 0 Å². The summed E-state index contributed by atoms with van der Waals surface area (Å²) in [5.41, 5.74) is 16.7. The predicted octanol–water partition coefficient (Wildman–Crippen LogP) is 18.3. The summed E-state index contributed by atoms with van der Waals surface area (Å²) >= 11 is 0. The van der Waals surface area contributed by atoms with E-state index < -0.39 is 33.5 Å². The van der Waals surface area contributed by atoms with Gasteiger partial charge in [0.1, 0.15) is 17.8 Å². The highest BCUT2D eigenvalue weighted by Gasteiger charge is 2.55. The first-order valence-electron chi connectivity index (χ1n) is 40.2. The molecule has 6 aromatic carbocycles. The maximum atomic E-state index is 12.0. The molecule has 24 nitrogen and oxygen atoms in total. The fourth-order valence-electron chi connectivity index (χ4n) is 10.3. The van der Waals surface area contributed by atoms with Crippen LogP contribution in [0.2, 0.25) is 0 Å². The number of benzene rings is 6. The van der Waals surface area contributed by atoms with E-state index in [-0.39, 0.29) is 93.6 Å². The fourth-order valence-corrected chi connectivity index (χ4v) is 11.4. The Balaban J connectivity index is 0.000000700. The molecule has 10 N–H and O–H groups in total. The number of carbonyl (C=O) groups excluding carboxylic acids is 7. The van der Waals surface area contributed by atoms with E-state index in [1.54, 1.807) is 45.7 Å². The van der Waals surface area contributed by atoms with Gasteiger partial charge in [0, 0.05) is 82.3 Å². The number of aromatic nitrogens is 1. The van der Waals surface area contributed by atoms with Crippen LogP contribution < -0.4 is 42.4 Å². The Morgan fingerprint density at radius 2 is 0.825 bits per heavy atom. The van der Waals surface area contributed by atoms with Crippen LogP contribution in [-0.2, 0) is 86.0 Å². The normalized spacial score (nSPS) is 12.2. The van der Waals surface area contributed by atoms with Crippen molar-refractivity contribution in [3.05, 3.63) is 214 Å². The highest BCUT2D eigenvalue weighted by molar-refractivity contribution is 7.89. The van der Waals surface area contributed by atoms with Crippen LogP contribution >= 0.6 is 0 Å². The Bertz CT molecular complexity index is 4370. The summed E-state index contributed by atoms with van der Waals surface area (Å²) in [5.74, 6) is -0.442. The quantitative estimate of drug-likeness (QED) is 0.0212. The van der Waals surface area contributed by atoms with Crippen molar-refractivity contribution in [2.24, 2.45) is 11.1 Å². The molecule has 0 saturated heterocycles. The maximum absolute atomic E-state index is 12.0. The Hall–Kier alpha value is -9.89. The van der Waals surface area contributed by atoms with Crippen molar-refractivity contribution >= 4 is 74.6 Å². The number of nitrogens with two attached hydrogens (primary N) is 1. The van der Waals surface area contributed by atoms with E-state index in [2.05, 4.69) is 187 Å². The number of nitrogens with one attached hydrogen (secondary N) is 7. The number of anilines is 4. The first kappa shape index (κ1) is 108. The minimum atomic E-state index is -3.49. The van der Waals surface area contributed by atoms with Crippen LogP contribution in [-0.4, -0.2) is 141 Å². The molecule has 1 heterocycles. The van der Waals surface area contributed by atoms with Gasteiger partial charge >= 0.3 is 12.2 Å². The van der Waals surface area contributed by atoms with Crippen LogP contribution in [0.25, 0.3) is 0 Å². The van der Waals surface area contributed by atoms with Gasteiger partial charge in [-0.2, -0.15) is 0 Å². The van der Waals surface area contributed by atoms with Gasteiger partial charge in [-0.1, -0.05) is 239 Å². The molecule has 0 atom stereocenters. The van der Waals surface area contributed by atoms with E-state index in [9.17, 15) is 42.0 Å². The minimum absolute atomic E-state index is 0. The number of carbonyl (C=O) groups is 7. The van der Waals surface area contributed by atoms with Gasteiger partial charge in [-0.15, -0.1) is 0 Å². The lowest BCUT2D eigenvalue weighted by Gasteiger charge is -2.19. The molecule has 1 fully saturated rings. The molecule has 1 aliphatic rings. The zero-order valence-corrected chi connectivity index (χ0v) is 76.5. The first-order chi connectivity index (χ1) is 55.2. The lowest BCUT2D eigenvalue weighted by molar-refractivity contribution is -0.132. The molecule has 0 radical (unpaired) electrons. The number of hydrogen-bond donors (Lipinski definition) is 9. The number of hydrogen-bond acceptors (Lipinski definition) is 16. The van der Waals surface area contributed by atoms with E-state index in [1.807, 2.05) is 146 Å². The Morgan fingerprint density at radius 3 is 1.22 bits per heavy atom. The van der Waals surface area contributed by atoms with Gasteiger partial charge in [0.2, 0.25) is 27.7 Å². The van der Waals surface area contributed by atoms with Gasteiger partial charge in [-0.25, -0.2) is 27.7 Å². The Labute approximate surface area is 717 Å². The highest BCUT2D eigenvalue weighted by Crippen LogP contribution is 2.46. The topological polar surface area (TPSA) is 343 Å². The number of pyridine rings is 1. The third-order valence-electron chi connectivity index (χ3n) is 18.2. The lowest BCUT2D eigenvalue weighted by Crippen LogP contribution is -2.36. The molecular weight excluding hydrogens is 1540 g/mol. The van der Waals surface area contributed by atoms with E-state index in [1.165, 1.54) is 23.6 Å². The second kappa shape index (κ2) is 50.4. The van der Waals surface area contributed by atoms with Crippen LogP contribution in [0.3, 0.4) is 0 Å². The molecule has 664 valence electrons. The van der Waals surface area contributed by atoms with E-state index >= 15 is 0 Å². The molecular formula is C95H143N9O15S. The summed E-state index contributed by atoms with van der Waals surface area (Å²) in [6.45, 7) is 51.2. The Kier molecular flexibility index (Phi) is 45.4. The van der Waals surface area contributed by atoms with Crippen LogP contribution in [0, 0.1) is 5.41 Å². The maximum Gasteiger partial charge on any atom is 0.412 e. The number of rotatable bonds is 23. The van der Waals surface area contributed by atoms with Crippen LogP contribution in [0.1, 0.15) is 246 Å². The van der Waals surface area contributed by atoms with Crippen molar-refractivity contribution in [1.29, 1.82) is 0 Å². The molecule has 8 rings (SSSR count). The van der Waals surface area contributed by atoms with Crippen molar-refractivity contribution in [2.75, 3.05) is 102 Å². The predicted molar refractivity (Wildman–Crippen MR) is 487 cm³/mol. The van der Waals surface area contributed by atoms with Gasteiger partial charge in [-0.05, 0) is 175 Å². The van der Waals surface area contributed by atoms with Gasteiger partial charge < -0.3 is 55.8 Å². The molecule has 120 heavy (non-hydrogen) atoms. The molecule has 0 unspecified atom stereocenters. The summed E-state index contributed by atoms with van der Waals surface area (Å²) in [5, 5.41) is 25.0. The summed E-state index contributed by atoms with van der Waals surface area (Å²) < 4.78 is 50.2. The number of ether oxygens (including phenoxy) is 5. The summed E-state index contributed by atoms with van der Waals surface area (Å²) in [4.78, 5) is 84.7. The number of primary amides is 1. The zero-order valence-electron chi connectivity index (χ0n) is 75.7. The average Bonchev–Trinajstić information content (AvgIpc) is 1.61. The molecule has 7 aromatic rings. The lowest BCUT2D eigenvalue weighted by atomic mass is 9.86. The number of aliphatic hydroxyl groups is 1. The summed E-state index contributed by atoms with van der Waals surface area (Å²) in [6, 6.07) is 49.4. The number of nitrogens with zero attached hydrogens (tertiary/aromatic N) is 1. The van der Waals surface area contributed by atoms with Crippen LogP contribution in [0.4, 0.5) is 32.5 Å². The molecule has 1 aromatic heterocycles. The van der Waals surface area contributed by atoms with Gasteiger partial charge in [0.15, 0.2) is 0 Å². The highest BCUT2D eigenvalue weighted by atomic mass is 32.2. The van der Waals surface area contributed by atoms with Crippen molar-refractivity contribution in [1.82, 2.24) is 20.3 Å². The average molecular weight is 1680 g/mol. The molecule has 0 bridgehead atoms. The molecule has 7 amide bonds. The molecule has 1 saturated carbocycles. The van der Waals surface area contributed by atoms with Gasteiger partial charge in [-0.3, -0.25) is 34.6 Å². The fraction of sp³-hybridized carbons (Fsp3) is 0.495. The van der Waals surface area contributed by atoms with Gasteiger partial charge in [0.25, 0.3) is 11.8 Å². The monoisotopic (exact) mass is 1680 g/mol. The second-order valence-electron chi connectivity index (χ2n) is 35.8. The number of amides is 7. The molecule has 25 heteroatoms. The van der Waals surface area contributed by atoms with E-state index in [4.69, 9.17) is 34.5 Å². The first-order valence-corrected chi connectivity index (χ1v) is 41.7. The van der Waals surface area contributed by atoms with Crippen molar-refractivity contribution in [2.45, 2.75) is 229 Å². The summed E-state index contributed by atoms with van der Waals surface area (Å²) in [7, 11) is 1.30. The molecule has 0 spiro atoms. The largest absolute Gasteiger partial charge is 0.449 e. The summed E-state index contributed by atoms with van der Waals surface area (Å²) in [6.07, 6.45) is 2.77. The Morgan fingerprint density at radius 1 is 0.433 bits per heavy atom. The van der Waals surface area contributed by atoms with Crippen LogP contribution in [0.5, 0.6) is 0 Å². The molecule has 1 aliphatic carbocycles. The third-order valence-corrected chi connectivity index (χ3v) is 19.6. The SMILES string of the molecule is C.CC(=O)Nc1ccc(C(C)(C)C)cc1.CC(C)(C)c1ccc(NC(=O)C2(C(N)=O)CC2)cc1.CC(C)(C)c1ccc(S(=O)(=O)NCCO)cc1.CCCOC(=O)Nc1ccc(C(C)(C)C)cn1.COCCNC(=O)c1ccc(C(C)(C)C)cc1.COCCNC(=O)c1cccc(C(C)(C)C)c1.COCCOC(=O)Nc1cccc(C(C)(C)C)c1. The van der Waals surface area contributed by atoms with Crippen molar-refractivity contribution in [3.63, 3.8) is 0 Å². The van der Waals surface area contributed by atoms with Crippen LogP contribution in [0.15, 0.2) is 169 Å². The zero-order chi connectivity index (χ0) is 90.4. The standard InChI is InChI=1S/C15H20N2O2.C14H21NO3.2C14H21NO2.C13H20N2O2.C12H19NO3S.C12H17NO.CH4/c1-14(2,3)10-4-6-11(7-5-10)17-13(19)15(8-9-15)12(16)18;1-14(2,3)11-6-5-7-12(10-11)15-13(16)18-9-8-17-4;1-14(2,3)12-7-5-11(6-8-12)13(16)15-9-10-17-4;1-14(2,3)12-7-5-6-11(10-12)13(16)15-8-9-17-4;1-5-8-17-12(16)15-11-7-6-10(9-14-11)13(2,3)4;1-12(2,3)10-4-6-11(7-5-10)17(15,16)13-8-9-14;1-9(14)13-11-7-5-10(6-8-11)12(2,3)4;/h4-7H,8-9H2,1-3H3,(H2,16,18)(H,17,19);5-7,10H,8-9H2,1-4H3,(H,15,16);5-8H,9-10H2,1-4H3,(H,15,16);5-7,10H,8-9H2,1-4H3,(H,15,16);6-7,9H,5,8H2,1-4H3,(H,14,15,16);4-7,13-14H,8-9H2,1-3H3;5-8H,1-4H3,(H,13,14);1H4. The number of aliphatic hydroxyl groups excluding tert-OH is 1. The minimum Gasteiger partial charge on any atom is -0.449 e. The smallest absolute Gasteiger partial charge is 0.412 e. The number of methoxy groups -OCH3 is 3. The third kappa shape index (κ3) is 41.4. The van der Waals surface area contributed by atoms with Crippen molar-refractivity contribution < 1.29 is 70.8 Å².